The molecule has 0 radical (unpaired) electrons. The van der Waals surface area contributed by atoms with Crippen molar-refractivity contribution in [2.24, 2.45) is 34.0 Å². The Morgan fingerprint density at radius 2 is 1.89 bits per heavy atom. The molecule has 0 amide bonds. The lowest BCUT2D eigenvalue weighted by Crippen LogP contribution is -2.65. The fourth-order valence-electron chi connectivity index (χ4n) is 7.86. The predicted octanol–water partition coefficient (Wildman–Crippen LogP) is 4.50. The van der Waals surface area contributed by atoms with E-state index in [2.05, 4.69) is 6.92 Å². The van der Waals surface area contributed by atoms with Gasteiger partial charge in [-0.1, -0.05) is 33.8 Å². The molecule has 37 heavy (non-hydrogen) atoms. The number of esters is 3. The summed E-state index contributed by atoms with van der Waals surface area (Å²) in [6.07, 6.45) is 6.71. The molecular weight excluding hydrogens is 476 g/mol. The van der Waals surface area contributed by atoms with Crippen LogP contribution in [0.25, 0.3) is 0 Å². The van der Waals surface area contributed by atoms with Crippen LogP contribution in [0.1, 0.15) is 65.5 Å². The van der Waals surface area contributed by atoms with E-state index in [1.165, 1.54) is 14.0 Å². The molecule has 4 aliphatic rings. The van der Waals surface area contributed by atoms with Gasteiger partial charge in [0.15, 0.2) is 0 Å². The summed E-state index contributed by atoms with van der Waals surface area (Å²) in [6.45, 7) is 9.27. The van der Waals surface area contributed by atoms with Crippen molar-refractivity contribution in [1.29, 1.82) is 0 Å². The Labute approximate surface area is 216 Å². The second kappa shape index (κ2) is 8.43. The topological polar surface area (TPSA) is 109 Å². The van der Waals surface area contributed by atoms with Crippen LogP contribution in [0.5, 0.6) is 0 Å². The first-order valence-electron chi connectivity index (χ1n) is 12.8. The summed E-state index contributed by atoms with van der Waals surface area (Å²) >= 11 is 0. The van der Waals surface area contributed by atoms with Crippen LogP contribution in [0.15, 0.2) is 46.3 Å². The van der Waals surface area contributed by atoms with Gasteiger partial charge in [0.05, 0.1) is 25.6 Å². The SMILES string of the molecule is COC(=O)C[C@H]1C(C)(C)[C@H](OC(C)=O)[C@H]2C=C3C4=CC(=O)O[C@@H](c5ccoc5)[C@]4(C)CCC3[C@]1(C)C2=O. The van der Waals surface area contributed by atoms with Crippen molar-refractivity contribution in [3.8, 4) is 0 Å². The Balaban J connectivity index is 1.69. The number of methoxy groups -OCH3 is 1. The van der Waals surface area contributed by atoms with Gasteiger partial charge in [0.25, 0.3) is 0 Å². The number of allylic oxidation sites excluding steroid dienone is 1. The van der Waals surface area contributed by atoms with Crippen LogP contribution in [0, 0.1) is 34.0 Å². The summed E-state index contributed by atoms with van der Waals surface area (Å²) < 4.78 is 22.0. The molecule has 3 aliphatic carbocycles. The third kappa shape index (κ3) is 3.55. The van der Waals surface area contributed by atoms with Crippen molar-refractivity contribution in [2.45, 2.75) is 66.1 Å². The van der Waals surface area contributed by atoms with Crippen LogP contribution in [-0.2, 0) is 33.4 Å². The van der Waals surface area contributed by atoms with Crippen molar-refractivity contribution in [2.75, 3.05) is 7.11 Å². The summed E-state index contributed by atoms with van der Waals surface area (Å²) in [7, 11) is 1.33. The van der Waals surface area contributed by atoms with Crippen LogP contribution in [0.2, 0.25) is 0 Å². The molecule has 1 aliphatic heterocycles. The molecule has 1 unspecified atom stereocenters. The van der Waals surface area contributed by atoms with Crippen LogP contribution < -0.4 is 0 Å². The Hall–Kier alpha value is -3.16. The van der Waals surface area contributed by atoms with Gasteiger partial charge in [0.1, 0.15) is 18.0 Å². The Kier molecular flexibility index (Phi) is 5.81. The number of cyclic esters (lactones) is 1. The van der Waals surface area contributed by atoms with E-state index in [0.717, 1.165) is 16.7 Å². The van der Waals surface area contributed by atoms with E-state index in [0.29, 0.717) is 12.8 Å². The molecule has 1 aromatic heterocycles. The van der Waals surface area contributed by atoms with E-state index < -0.39 is 58.2 Å². The molecule has 0 saturated heterocycles. The molecule has 198 valence electrons. The third-order valence-electron chi connectivity index (χ3n) is 9.66. The highest BCUT2D eigenvalue weighted by molar-refractivity contribution is 5.95. The molecule has 2 fully saturated rings. The molecule has 2 heterocycles. The number of ketones is 1. The fourth-order valence-corrected chi connectivity index (χ4v) is 7.86. The molecule has 1 aromatic rings. The van der Waals surface area contributed by atoms with Crippen molar-refractivity contribution >= 4 is 23.7 Å². The van der Waals surface area contributed by atoms with Gasteiger partial charge in [-0.15, -0.1) is 0 Å². The Bertz CT molecular complexity index is 1220. The van der Waals surface area contributed by atoms with Gasteiger partial charge < -0.3 is 18.6 Å². The molecule has 2 bridgehead atoms. The summed E-state index contributed by atoms with van der Waals surface area (Å²) in [5.74, 6) is -2.73. The van der Waals surface area contributed by atoms with E-state index in [4.69, 9.17) is 18.6 Å². The first-order chi connectivity index (χ1) is 17.4. The highest BCUT2D eigenvalue weighted by atomic mass is 16.6. The highest BCUT2D eigenvalue weighted by Gasteiger charge is 2.68. The normalized spacial score (nSPS) is 37.8. The number of carbonyl (C=O) groups is 4. The molecular formula is C29H34O8. The van der Waals surface area contributed by atoms with Crippen LogP contribution in [0.3, 0.4) is 0 Å². The minimum atomic E-state index is -0.919. The van der Waals surface area contributed by atoms with E-state index in [9.17, 15) is 19.2 Å². The van der Waals surface area contributed by atoms with Gasteiger partial charge in [-0.25, -0.2) is 4.79 Å². The van der Waals surface area contributed by atoms with Gasteiger partial charge in [-0.2, -0.15) is 0 Å². The largest absolute Gasteiger partial charge is 0.472 e. The first kappa shape index (κ1) is 25.5. The Morgan fingerprint density at radius 3 is 2.51 bits per heavy atom. The van der Waals surface area contributed by atoms with E-state index in [-0.39, 0.29) is 18.1 Å². The molecule has 2 saturated carbocycles. The zero-order valence-corrected chi connectivity index (χ0v) is 22.2. The quantitative estimate of drug-likeness (QED) is 0.430. The zero-order chi connectivity index (χ0) is 26.9. The van der Waals surface area contributed by atoms with E-state index >= 15 is 0 Å². The average Bonchev–Trinajstić information content (AvgIpc) is 3.36. The number of hydrogen-bond donors (Lipinski definition) is 0. The lowest BCUT2D eigenvalue weighted by Gasteiger charge is -2.62. The van der Waals surface area contributed by atoms with Crippen LogP contribution >= 0.6 is 0 Å². The lowest BCUT2D eigenvalue weighted by atomic mass is 9.41. The maximum absolute atomic E-state index is 14.2. The van der Waals surface area contributed by atoms with Crippen molar-refractivity contribution in [3.63, 3.8) is 0 Å². The number of rotatable bonds is 4. The number of furan rings is 1. The third-order valence-corrected chi connectivity index (χ3v) is 9.66. The summed E-state index contributed by atoms with van der Waals surface area (Å²) in [6, 6.07) is 1.80. The summed E-state index contributed by atoms with van der Waals surface area (Å²) in [5.41, 5.74) is 0.394. The monoisotopic (exact) mass is 510 g/mol. The molecule has 8 nitrogen and oxygen atoms in total. The van der Waals surface area contributed by atoms with Crippen LogP contribution in [-0.4, -0.2) is 36.9 Å². The van der Waals surface area contributed by atoms with Gasteiger partial charge >= 0.3 is 17.9 Å². The molecule has 0 N–H and O–H groups in total. The molecule has 0 spiro atoms. The summed E-state index contributed by atoms with van der Waals surface area (Å²) in [5, 5.41) is 0. The summed E-state index contributed by atoms with van der Waals surface area (Å²) in [4.78, 5) is 51.8. The van der Waals surface area contributed by atoms with Gasteiger partial charge in [0, 0.05) is 41.2 Å². The first-order valence-corrected chi connectivity index (χ1v) is 12.8. The molecule has 5 rings (SSSR count). The van der Waals surface area contributed by atoms with E-state index in [1.54, 1.807) is 24.7 Å². The van der Waals surface area contributed by atoms with Crippen molar-refractivity contribution in [3.05, 3.63) is 47.5 Å². The second-order valence-electron chi connectivity index (χ2n) is 11.9. The molecule has 8 heteroatoms. The van der Waals surface area contributed by atoms with Crippen molar-refractivity contribution in [1.82, 2.24) is 0 Å². The number of carbonyl (C=O) groups excluding carboxylic acids is 4. The Morgan fingerprint density at radius 1 is 1.16 bits per heavy atom. The smallest absolute Gasteiger partial charge is 0.331 e. The maximum atomic E-state index is 14.2. The van der Waals surface area contributed by atoms with Gasteiger partial charge in [-0.05, 0) is 41.9 Å². The highest BCUT2D eigenvalue weighted by Crippen LogP contribution is 2.67. The van der Waals surface area contributed by atoms with Gasteiger partial charge in [0.2, 0.25) is 0 Å². The fraction of sp³-hybridized carbons (Fsp3) is 0.586. The van der Waals surface area contributed by atoms with Crippen LogP contribution in [0.4, 0.5) is 0 Å². The number of Topliss-reactive ketones (excluding diaryl/α,β-unsaturated/α-hetero) is 1. The average molecular weight is 511 g/mol. The molecule has 0 aromatic carbocycles. The minimum absolute atomic E-state index is 0.0238. The lowest BCUT2D eigenvalue weighted by molar-refractivity contribution is -0.190. The minimum Gasteiger partial charge on any atom is -0.472 e. The predicted molar refractivity (Wildman–Crippen MR) is 131 cm³/mol. The van der Waals surface area contributed by atoms with Gasteiger partial charge in [-0.3, -0.25) is 14.4 Å². The maximum Gasteiger partial charge on any atom is 0.331 e. The standard InChI is InChI=1S/C29H34O8/c1-15(30)36-26-18-11-17-19(29(5,24(18)33)21(27(26,2)3)13-22(31)34-6)7-9-28(4)20(17)12-23(32)37-25(28)16-8-10-35-14-16/h8,10-12,14,18-19,21,25-26H,7,9,13H2,1-6H3/t18-,19?,21-,25-,26+,28+,29-/m0/s1. The van der Waals surface area contributed by atoms with Crippen molar-refractivity contribution < 1.29 is 37.8 Å². The second-order valence-corrected chi connectivity index (χ2v) is 11.9. The number of fused-ring (bicyclic) bond motifs is 6. The molecule has 7 atom stereocenters. The number of ether oxygens (including phenoxy) is 3. The van der Waals surface area contributed by atoms with E-state index in [1.807, 2.05) is 26.8 Å². The zero-order valence-electron chi connectivity index (χ0n) is 22.2. The number of hydrogen-bond acceptors (Lipinski definition) is 8.